The number of nitrogens with zero attached hydrogens (tertiary/aromatic N) is 2. The Morgan fingerprint density at radius 1 is 1.33 bits per heavy atom. The Morgan fingerprint density at radius 3 is 2.67 bits per heavy atom. The number of nitrogens with one attached hydrogen (secondary N) is 1. The summed E-state index contributed by atoms with van der Waals surface area (Å²) < 4.78 is 0. The van der Waals surface area contributed by atoms with Gasteiger partial charge in [0.15, 0.2) is 0 Å². The van der Waals surface area contributed by atoms with E-state index >= 15 is 0 Å². The van der Waals surface area contributed by atoms with Crippen LogP contribution in [0.1, 0.15) is 18.7 Å². The van der Waals surface area contributed by atoms with Crippen molar-refractivity contribution in [3.63, 3.8) is 0 Å². The van der Waals surface area contributed by atoms with E-state index in [1.165, 1.54) is 5.69 Å². The van der Waals surface area contributed by atoms with Crippen LogP contribution in [0, 0.1) is 0 Å². The first-order chi connectivity index (χ1) is 6.88. The van der Waals surface area contributed by atoms with Crippen LogP contribution in [-0.4, -0.2) is 36.1 Å². The zero-order chi connectivity index (χ0) is 9.80. The molecule has 1 aliphatic heterocycles. The minimum absolute atomic E-state index is 0. The average molecular weight is 228 g/mol. The molecule has 1 aromatic heterocycles. The summed E-state index contributed by atoms with van der Waals surface area (Å²) >= 11 is 0. The fraction of sp³-hybridized carbons (Fsp3) is 0.545. The summed E-state index contributed by atoms with van der Waals surface area (Å²) in [5, 5.41) is 3.36. The third-order valence-corrected chi connectivity index (χ3v) is 2.82. The van der Waals surface area contributed by atoms with E-state index in [1.807, 2.05) is 12.3 Å². The van der Waals surface area contributed by atoms with E-state index in [2.05, 4.69) is 34.3 Å². The van der Waals surface area contributed by atoms with Crippen molar-refractivity contribution in [3.05, 3.63) is 30.1 Å². The Balaban J connectivity index is 0.00000112. The van der Waals surface area contributed by atoms with Crippen LogP contribution >= 0.6 is 12.4 Å². The second-order valence-corrected chi connectivity index (χ2v) is 3.72. The van der Waals surface area contributed by atoms with Crippen molar-refractivity contribution < 1.29 is 0 Å². The third kappa shape index (κ3) is 3.16. The molecule has 1 aliphatic rings. The minimum atomic E-state index is 0. The van der Waals surface area contributed by atoms with E-state index in [-0.39, 0.29) is 12.4 Å². The molecule has 0 saturated carbocycles. The lowest BCUT2D eigenvalue weighted by molar-refractivity contribution is 0.182. The second kappa shape index (κ2) is 6.05. The van der Waals surface area contributed by atoms with Gasteiger partial charge in [-0.2, -0.15) is 0 Å². The highest BCUT2D eigenvalue weighted by Gasteiger charge is 2.17. The number of aromatic nitrogens is 1. The molecule has 0 amide bonds. The Hall–Kier alpha value is -0.640. The van der Waals surface area contributed by atoms with Gasteiger partial charge in [0.2, 0.25) is 0 Å². The first-order valence-corrected chi connectivity index (χ1v) is 5.23. The molecule has 2 heterocycles. The predicted octanol–water partition coefficient (Wildman–Crippen LogP) is 1.47. The van der Waals surface area contributed by atoms with Crippen molar-refractivity contribution in [2.75, 3.05) is 26.2 Å². The molecule has 0 bridgehead atoms. The SMILES string of the molecule is C[C@H](c1ccccn1)N1CCNCC1.Cl. The van der Waals surface area contributed by atoms with Crippen LogP contribution in [0.3, 0.4) is 0 Å². The quantitative estimate of drug-likeness (QED) is 0.830. The van der Waals surface area contributed by atoms with Gasteiger partial charge >= 0.3 is 0 Å². The molecule has 0 radical (unpaired) electrons. The molecule has 1 fully saturated rings. The van der Waals surface area contributed by atoms with Crippen molar-refractivity contribution in [2.45, 2.75) is 13.0 Å². The molecule has 4 heteroatoms. The molecule has 0 unspecified atom stereocenters. The standard InChI is InChI=1S/C11H17N3.ClH/c1-10(11-4-2-3-5-13-11)14-8-6-12-7-9-14;/h2-5,10,12H,6-9H2,1H3;1H/t10-;/m1./s1. The third-order valence-electron chi connectivity index (χ3n) is 2.82. The molecular weight excluding hydrogens is 210 g/mol. The van der Waals surface area contributed by atoms with E-state index in [0.29, 0.717) is 6.04 Å². The number of rotatable bonds is 2. The number of hydrogen-bond donors (Lipinski definition) is 1. The van der Waals surface area contributed by atoms with Gasteiger partial charge < -0.3 is 5.32 Å². The molecule has 1 N–H and O–H groups in total. The van der Waals surface area contributed by atoms with E-state index < -0.39 is 0 Å². The fourth-order valence-corrected chi connectivity index (χ4v) is 1.88. The predicted molar refractivity (Wildman–Crippen MR) is 64.3 cm³/mol. The Bertz CT molecular complexity index is 272. The monoisotopic (exact) mass is 227 g/mol. The first kappa shape index (κ1) is 12.4. The summed E-state index contributed by atoms with van der Waals surface area (Å²) in [4.78, 5) is 6.86. The molecule has 1 saturated heterocycles. The molecule has 0 aromatic carbocycles. The molecule has 0 aliphatic carbocycles. The summed E-state index contributed by atoms with van der Waals surface area (Å²) in [5.41, 5.74) is 1.18. The van der Waals surface area contributed by atoms with Gasteiger partial charge in [-0.1, -0.05) is 6.07 Å². The molecule has 3 nitrogen and oxygen atoms in total. The van der Waals surface area contributed by atoms with Gasteiger partial charge in [-0.05, 0) is 19.1 Å². The zero-order valence-electron chi connectivity index (χ0n) is 9.02. The van der Waals surface area contributed by atoms with E-state index in [0.717, 1.165) is 26.2 Å². The maximum absolute atomic E-state index is 4.39. The zero-order valence-corrected chi connectivity index (χ0v) is 9.83. The normalized spacial score (nSPS) is 19.3. The lowest BCUT2D eigenvalue weighted by Crippen LogP contribution is -2.44. The Morgan fingerprint density at radius 2 is 2.07 bits per heavy atom. The summed E-state index contributed by atoms with van der Waals surface area (Å²) in [5.74, 6) is 0. The summed E-state index contributed by atoms with van der Waals surface area (Å²) in [7, 11) is 0. The fourth-order valence-electron chi connectivity index (χ4n) is 1.88. The number of pyridine rings is 1. The van der Waals surface area contributed by atoms with E-state index in [9.17, 15) is 0 Å². The van der Waals surface area contributed by atoms with Crippen molar-refractivity contribution in [2.24, 2.45) is 0 Å². The van der Waals surface area contributed by atoms with Crippen molar-refractivity contribution in [3.8, 4) is 0 Å². The van der Waals surface area contributed by atoms with Crippen molar-refractivity contribution >= 4 is 12.4 Å². The lowest BCUT2D eigenvalue weighted by atomic mass is 10.1. The van der Waals surface area contributed by atoms with Crippen LogP contribution in [0.15, 0.2) is 24.4 Å². The maximum atomic E-state index is 4.39. The first-order valence-electron chi connectivity index (χ1n) is 5.23. The largest absolute Gasteiger partial charge is 0.314 e. The highest BCUT2D eigenvalue weighted by Crippen LogP contribution is 2.17. The highest BCUT2D eigenvalue weighted by atomic mass is 35.5. The number of halogens is 1. The topological polar surface area (TPSA) is 28.2 Å². The van der Waals surface area contributed by atoms with Gasteiger partial charge in [0.1, 0.15) is 0 Å². The smallest absolute Gasteiger partial charge is 0.0572 e. The van der Waals surface area contributed by atoms with Crippen LogP contribution in [0.25, 0.3) is 0 Å². The van der Waals surface area contributed by atoms with Crippen LogP contribution in [0.4, 0.5) is 0 Å². The van der Waals surface area contributed by atoms with E-state index in [1.54, 1.807) is 0 Å². The number of piperazine rings is 1. The van der Waals surface area contributed by atoms with Crippen LogP contribution in [0.5, 0.6) is 0 Å². The molecule has 1 atom stereocenters. The molecule has 0 spiro atoms. The molecule has 84 valence electrons. The van der Waals surface area contributed by atoms with Gasteiger partial charge in [-0.3, -0.25) is 9.88 Å². The lowest BCUT2D eigenvalue weighted by Gasteiger charge is -2.32. The van der Waals surface area contributed by atoms with Gasteiger partial charge in [0, 0.05) is 38.4 Å². The summed E-state index contributed by atoms with van der Waals surface area (Å²) in [6.45, 7) is 6.66. The maximum Gasteiger partial charge on any atom is 0.0572 e. The summed E-state index contributed by atoms with van der Waals surface area (Å²) in [6, 6.07) is 6.57. The molecule has 1 aromatic rings. The molecule has 15 heavy (non-hydrogen) atoms. The van der Waals surface area contributed by atoms with Crippen molar-refractivity contribution in [1.82, 2.24) is 15.2 Å². The summed E-state index contributed by atoms with van der Waals surface area (Å²) in [6.07, 6.45) is 1.87. The van der Waals surface area contributed by atoms with Gasteiger partial charge in [0.25, 0.3) is 0 Å². The van der Waals surface area contributed by atoms with Crippen LogP contribution < -0.4 is 5.32 Å². The van der Waals surface area contributed by atoms with Gasteiger partial charge in [-0.15, -0.1) is 12.4 Å². The average Bonchev–Trinajstić information content (AvgIpc) is 2.30. The van der Waals surface area contributed by atoms with E-state index in [4.69, 9.17) is 0 Å². The molecule has 2 rings (SSSR count). The van der Waals surface area contributed by atoms with Gasteiger partial charge in [-0.25, -0.2) is 0 Å². The highest BCUT2D eigenvalue weighted by molar-refractivity contribution is 5.85. The van der Waals surface area contributed by atoms with Crippen LogP contribution in [0.2, 0.25) is 0 Å². The van der Waals surface area contributed by atoms with Crippen LogP contribution in [-0.2, 0) is 0 Å². The second-order valence-electron chi connectivity index (χ2n) is 3.72. The van der Waals surface area contributed by atoms with Gasteiger partial charge in [0.05, 0.1) is 5.69 Å². The molecular formula is C11H18ClN3. The Kier molecular flexibility index (Phi) is 5.02. The number of hydrogen-bond acceptors (Lipinski definition) is 3. The van der Waals surface area contributed by atoms with Crippen molar-refractivity contribution in [1.29, 1.82) is 0 Å². The Labute approximate surface area is 97.3 Å². The minimum Gasteiger partial charge on any atom is -0.314 e.